The van der Waals surface area contributed by atoms with Crippen LogP contribution in [0.25, 0.3) is 67.0 Å². The highest BCUT2D eigenvalue weighted by atomic mass is 32.2. The van der Waals surface area contributed by atoms with Gasteiger partial charge in [0.25, 0.3) is 0 Å². The second-order valence-corrected chi connectivity index (χ2v) is 15.4. The van der Waals surface area contributed by atoms with E-state index in [0.717, 1.165) is 44.3 Å². The van der Waals surface area contributed by atoms with E-state index in [1.54, 1.807) is 12.1 Å². The van der Waals surface area contributed by atoms with Gasteiger partial charge in [0, 0.05) is 50.2 Å². The van der Waals surface area contributed by atoms with E-state index >= 15 is 0 Å². The lowest BCUT2D eigenvalue weighted by atomic mass is 9.92. The predicted octanol–water partition coefficient (Wildman–Crippen LogP) is 10.3. The van der Waals surface area contributed by atoms with Gasteiger partial charge in [-0.05, 0) is 41.5 Å². The summed E-state index contributed by atoms with van der Waals surface area (Å²) in [7, 11) is -3.72. The van der Waals surface area contributed by atoms with E-state index in [-0.39, 0.29) is 12.0 Å². The number of nitrogens with zero attached hydrogens (tertiary/aromatic N) is 4. The maximum Gasteiger partial charge on any atom is 0.234 e. The fraction of sp³-hybridized carbons (Fsp3) is 0.0444. The number of hydrogen-bond donors (Lipinski definition) is 0. The summed E-state index contributed by atoms with van der Waals surface area (Å²) in [5, 5.41) is 1.69. The van der Waals surface area contributed by atoms with Crippen molar-refractivity contribution in [1.82, 2.24) is 15.0 Å². The van der Waals surface area contributed by atoms with Crippen LogP contribution in [-0.2, 0) is 9.84 Å². The molecule has 0 saturated heterocycles. The van der Waals surface area contributed by atoms with Crippen LogP contribution in [0.2, 0.25) is 0 Å². The molecule has 3 aliphatic rings. The molecule has 2 aromatic heterocycles. The van der Waals surface area contributed by atoms with Gasteiger partial charge in [0.15, 0.2) is 11.6 Å². The monoisotopic (exact) mass is 704 g/mol. The molecule has 8 heteroatoms. The van der Waals surface area contributed by atoms with Crippen LogP contribution in [0, 0.1) is 0 Å². The molecule has 0 spiro atoms. The average molecular weight is 705 g/mol. The van der Waals surface area contributed by atoms with Crippen molar-refractivity contribution < 1.29 is 12.8 Å². The van der Waals surface area contributed by atoms with Gasteiger partial charge in [0.1, 0.15) is 11.2 Å². The molecule has 0 bridgehead atoms. The van der Waals surface area contributed by atoms with E-state index in [2.05, 4.69) is 53.5 Å². The quantitative estimate of drug-likeness (QED) is 0.180. The number of fused-ring (bicyclic) bond motifs is 9. The normalized spacial score (nSPS) is 17.5. The Labute approximate surface area is 305 Å². The van der Waals surface area contributed by atoms with Crippen molar-refractivity contribution >= 4 is 43.4 Å². The third kappa shape index (κ3) is 4.39. The number of benzene rings is 6. The lowest BCUT2D eigenvalue weighted by Gasteiger charge is -2.27. The van der Waals surface area contributed by atoms with Gasteiger partial charge < -0.3 is 9.32 Å². The summed E-state index contributed by atoms with van der Waals surface area (Å²) in [6, 6.07) is 43.1. The highest BCUT2D eigenvalue weighted by Crippen LogP contribution is 2.49. The minimum Gasteiger partial charge on any atom is -0.456 e. The first kappa shape index (κ1) is 30.0. The maximum absolute atomic E-state index is 13.9. The highest BCUT2D eigenvalue weighted by molar-refractivity contribution is 7.92. The van der Waals surface area contributed by atoms with E-state index in [0.29, 0.717) is 44.1 Å². The summed E-state index contributed by atoms with van der Waals surface area (Å²) in [5.41, 5.74) is 8.22. The fourth-order valence-corrected chi connectivity index (χ4v) is 10.2. The first-order valence-electron chi connectivity index (χ1n) is 17.5. The summed E-state index contributed by atoms with van der Waals surface area (Å²) in [4.78, 5) is 18.3. The van der Waals surface area contributed by atoms with Crippen molar-refractivity contribution in [2.75, 3.05) is 4.90 Å². The summed E-state index contributed by atoms with van der Waals surface area (Å²) in [6.07, 6.45) is 8.64. The highest BCUT2D eigenvalue weighted by Gasteiger charge is 2.39. The van der Waals surface area contributed by atoms with Crippen LogP contribution < -0.4 is 4.90 Å². The molecule has 4 heterocycles. The first-order chi connectivity index (χ1) is 26.0. The van der Waals surface area contributed by atoms with Gasteiger partial charge in [0.05, 0.1) is 15.8 Å². The van der Waals surface area contributed by atoms with Gasteiger partial charge in [-0.3, -0.25) is 0 Å². The third-order valence-corrected chi connectivity index (χ3v) is 12.5. The zero-order chi connectivity index (χ0) is 35.3. The van der Waals surface area contributed by atoms with E-state index in [9.17, 15) is 8.42 Å². The molecule has 2 unspecified atom stereocenters. The molecule has 2 aliphatic heterocycles. The molecule has 6 aromatic carbocycles. The minimum atomic E-state index is -3.72. The second-order valence-electron chi connectivity index (χ2n) is 13.5. The zero-order valence-corrected chi connectivity index (χ0v) is 28.9. The number of furan rings is 1. The number of rotatable bonds is 4. The van der Waals surface area contributed by atoms with E-state index in [1.165, 1.54) is 5.56 Å². The van der Waals surface area contributed by atoms with Gasteiger partial charge in [-0.1, -0.05) is 127 Å². The molecule has 0 N–H and O–H groups in total. The van der Waals surface area contributed by atoms with Crippen LogP contribution in [0.5, 0.6) is 0 Å². The number of aromatic nitrogens is 3. The van der Waals surface area contributed by atoms with Crippen molar-refractivity contribution in [3.63, 3.8) is 0 Å². The molecule has 0 amide bonds. The number of para-hydroxylation sites is 1. The lowest BCUT2D eigenvalue weighted by molar-refractivity contribution is 0.599. The average Bonchev–Trinajstić information content (AvgIpc) is 3.83. The van der Waals surface area contributed by atoms with Gasteiger partial charge >= 0.3 is 0 Å². The Balaban J connectivity index is 1.13. The van der Waals surface area contributed by atoms with Crippen molar-refractivity contribution in [1.29, 1.82) is 0 Å². The van der Waals surface area contributed by atoms with Crippen molar-refractivity contribution in [2.45, 2.75) is 21.8 Å². The Morgan fingerprint density at radius 2 is 1.32 bits per heavy atom. The smallest absolute Gasteiger partial charge is 0.234 e. The molecule has 53 heavy (non-hydrogen) atoms. The SMILES string of the molecule is O=S1(=O)c2ccccc2-c2cccc(-c3ccc4oc5cccc(-c6nc(-c7ccccc7)nc(N7c8ccccc8C8C=CC=CC87)n6)c5c4c3)c21. The molecular weight excluding hydrogens is 677 g/mol. The molecular formula is C45H28N4O3S. The number of allylic oxidation sites excluding steroid dienone is 2. The molecule has 7 nitrogen and oxygen atoms in total. The second kappa shape index (κ2) is 11.2. The zero-order valence-electron chi connectivity index (χ0n) is 28.1. The van der Waals surface area contributed by atoms with Crippen molar-refractivity contribution in [3.8, 4) is 45.0 Å². The molecule has 1 aliphatic carbocycles. The number of hydrogen-bond acceptors (Lipinski definition) is 7. The van der Waals surface area contributed by atoms with Crippen LogP contribution in [0.15, 0.2) is 172 Å². The van der Waals surface area contributed by atoms with Crippen LogP contribution >= 0.6 is 0 Å². The minimum absolute atomic E-state index is 0.0133. The van der Waals surface area contributed by atoms with Crippen LogP contribution in [-0.4, -0.2) is 29.4 Å². The molecule has 0 radical (unpaired) electrons. The molecule has 252 valence electrons. The molecule has 11 rings (SSSR count). The first-order valence-corrected chi connectivity index (χ1v) is 19.0. The van der Waals surface area contributed by atoms with Gasteiger partial charge in [0.2, 0.25) is 15.8 Å². The predicted molar refractivity (Wildman–Crippen MR) is 208 cm³/mol. The Kier molecular flexibility index (Phi) is 6.33. The lowest BCUT2D eigenvalue weighted by Crippen LogP contribution is -2.30. The Morgan fingerprint density at radius 3 is 2.25 bits per heavy atom. The standard InChI is InChI=1S/C45H28N4O3S/c50-53(51)40-23-9-6-16-32(40)33-18-10-17-29(42(33)53)28-24-25-38-35(26-28)41-34(19-11-22-39(41)52-38)44-46-43(27-12-2-1-3-13-27)47-45(48-44)49-36-20-7-4-14-30(36)31-15-5-8-21-37(31)49/h1-26,30,36H. The van der Waals surface area contributed by atoms with Crippen molar-refractivity contribution in [2.24, 2.45) is 0 Å². The number of anilines is 2. The summed E-state index contributed by atoms with van der Waals surface area (Å²) >= 11 is 0. The van der Waals surface area contributed by atoms with Gasteiger partial charge in [-0.25, -0.2) is 13.4 Å². The summed E-state index contributed by atoms with van der Waals surface area (Å²) < 4.78 is 34.3. The van der Waals surface area contributed by atoms with Crippen LogP contribution in [0.3, 0.4) is 0 Å². The summed E-state index contributed by atoms with van der Waals surface area (Å²) in [5.74, 6) is 1.82. The molecule has 0 saturated carbocycles. The van der Waals surface area contributed by atoms with E-state index in [4.69, 9.17) is 19.4 Å². The van der Waals surface area contributed by atoms with Gasteiger partial charge in [-0.2, -0.15) is 9.97 Å². The fourth-order valence-electron chi connectivity index (χ4n) is 8.31. The Hall–Kier alpha value is -6.64. The molecule has 2 atom stereocenters. The molecule has 8 aromatic rings. The van der Waals surface area contributed by atoms with E-state index in [1.807, 2.05) is 97.1 Å². The Bertz CT molecular complexity index is 3000. The molecule has 0 fully saturated rings. The third-order valence-electron chi connectivity index (χ3n) is 10.6. The Morgan fingerprint density at radius 1 is 0.585 bits per heavy atom. The maximum atomic E-state index is 13.9. The largest absolute Gasteiger partial charge is 0.456 e. The number of sulfone groups is 1. The van der Waals surface area contributed by atoms with E-state index < -0.39 is 9.84 Å². The summed E-state index contributed by atoms with van der Waals surface area (Å²) in [6.45, 7) is 0. The van der Waals surface area contributed by atoms with Crippen LogP contribution in [0.1, 0.15) is 11.5 Å². The van der Waals surface area contributed by atoms with Gasteiger partial charge in [-0.15, -0.1) is 0 Å². The topological polar surface area (TPSA) is 89.2 Å². The van der Waals surface area contributed by atoms with Crippen LogP contribution in [0.4, 0.5) is 11.6 Å². The van der Waals surface area contributed by atoms with Crippen molar-refractivity contribution in [3.05, 3.63) is 163 Å².